The van der Waals surface area contributed by atoms with Crippen molar-refractivity contribution in [3.05, 3.63) is 12.7 Å². The molecule has 5 nitrogen and oxygen atoms in total. The molecule has 0 atom stereocenters. The Labute approximate surface area is 95.7 Å². The molecule has 0 unspecified atom stereocenters. The maximum Gasteiger partial charge on any atom is 0.435 e. The van der Waals surface area contributed by atoms with Gasteiger partial charge in [0.25, 0.3) is 0 Å². The monoisotopic (exact) mass is 226 g/mol. The highest BCUT2D eigenvalue weighted by Gasteiger charge is 2.15. The molecule has 1 amide bonds. The molecule has 0 spiro atoms. The van der Waals surface area contributed by atoms with E-state index in [1.165, 1.54) is 6.08 Å². The number of nitrogens with zero attached hydrogens (tertiary/aromatic N) is 2. The standard InChI is InChI=1S/C11H18N2O3/c1-3-7-16-11(14)12-10(4-2)13-5-8-15-9-6-13/h3H,1,4-9H2,2H3/b12-10-. The normalized spacial score (nSPS) is 17.1. The van der Waals surface area contributed by atoms with E-state index in [9.17, 15) is 4.79 Å². The van der Waals surface area contributed by atoms with Crippen molar-refractivity contribution in [1.29, 1.82) is 0 Å². The minimum absolute atomic E-state index is 0.197. The zero-order valence-electron chi connectivity index (χ0n) is 9.65. The SMILES string of the molecule is C=CCOC(=O)/N=C(/CC)N1CCOCC1. The summed E-state index contributed by atoms with van der Waals surface area (Å²) in [5.41, 5.74) is 0. The van der Waals surface area contributed by atoms with Crippen LogP contribution in [0.4, 0.5) is 4.79 Å². The van der Waals surface area contributed by atoms with Gasteiger partial charge in [-0.15, -0.1) is 0 Å². The first-order chi connectivity index (χ1) is 7.77. The number of carbonyl (C=O) groups excluding carboxylic acids is 1. The molecule has 0 aromatic carbocycles. The summed E-state index contributed by atoms with van der Waals surface area (Å²) in [6.45, 7) is 8.55. The van der Waals surface area contributed by atoms with Crippen molar-refractivity contribution >= 4 is 11.9 Å². The summed E-state index contributed by atoms with van der Waals surface area (Å²) in [4.78, 5) is 17.3. The van der Waals surface area contributed by atoms with Gasteiger partial charge in [-0.3, -0.25) is 0 Å². The van der Waals surface area contributed by atoms with Gasteiger partial charge in [-0.05, 0) is 0 Å². The van der Waals surface area contributed by atoms with Gasteiger partial charge in [-0.2, -0.15) is 4.99 Å². The first-order valence-corrected chi connectivity index (χ1v) is 5.45. The van der Waals surface area contributed by atoms with E-state index < -0.39 is 6.09 Å². The molecule has 0 aromatic heterocycles. The van der Waals surface area contributed by atoms with E-state index in [1.807, 2.05) is 6.92 Å². The highest BCUT2D eigenvalue weighted by atomic mass is 16.5. The molecule has 0 radical (unpaired) electrons. The number of amidine groups is 1. The summed E-state index contributed by atoms with van der Waals surface area (Å²) in [6, 6.07) is 0. The summed E-state index contributed by atoms with van der Waals surface area (Å²) in [6.07, 6.45) is 1.68. The summed E-state index contributed by atoms with van der Waals surface area (Å²) >= 11 is 0. The predicted molar refractivity (Wildman–Crippen MR) is 61.7 cm³/mol. The van der Waals surface area contributed by atoms with Crippen molar-refractivity contribution in [1.82, 2.24) is 4.90 Å². The van der Waals surface area contributed by atoms with Crippen LogP contribution in [-0.2, 0) is 9.47 Å². The lowest BCUT2D eigenvalue weighted by atomic mass is 10.3. The van der Waals surface area contributed by atoms with Crippen LogP contribution in [0, 0.1) is 0 Å². The van der Waals surface area contributed by atoms with Crippen molar-refractivity contribution in [2.24, 2.45) is 4.99 Å². The van der Waals surface area contributed by atoms with Gasteiger partial charge in [0, 0.05) is 19.5 Å². The molecule has 1 rings (SSSR count). The van der Waals surface area contributed by atoms with Crippen LogP contribution < -0.4 is 0 Å². The Kier molecular flexibility index (Phi) is 5.56. The molecule has 1 saturated heterocycles. The molecule has 0 aliphatic carbocycles. The Balaban J connectivity index is 2.53. The van der Waals surface area contributed by atoms with E-state index in [-0.39, 0.29) is 6.61 Å². The number of hydrogen-bond donors (Lipinski definition) is 0. The average Bonchev–Trinajstić information content (AvgIpc) is 2.34. The minimum atomic E-state index is -0.553. The third-order valence-corrected chi connectivity index (χ3v) is 2.24. The van der Waals surface area contributed by atoms with Crippen LogP contribution in [0.25, 0.3) is 0 Å². The van der Waals surface area contributed by atoms with Gasteiger partial charge >= 0.3 is 6.09 Å². The van der Waals surface area contributed by atoms with E-state index in [2.05, 4.69) is 16.5 Å². The summed E-state index contributed by atoms with van der Waals surface area (Å²) < 4.78 is 10.1. The Morgan fingerprint density at radius 3 is 2.81 bits per heavy atom. The Morgan fingerprint density at radius 1 is 1.56 bits per heavy atom. The van der Waals surface area contributed by atoms with Crippen LogP contribution in [0.1, 0.15) is 13.3 Å². The van der Waals surface area contributed by atoms with Crippen molar-refractivity contribution in [3.8, 4) is 0 Å². The van der Waals surface area contributed by atoms with Gasteiger partial charge in [0.05, 0.1) is 13.2 Å². The fourth-order valence-electron chi connectivity index (χ4n) is 1.46. The van der Waals surface area contributed by atoms with Crippen LogP contribution in [-0.4, -0.2) is 49.7 Å². The molecule has 0 aromatic rings. The lowest BCUT2D eigenvalue weighted by molar-refractivity contribution is 0.0670. The van der Waals surface area contributed by atoms with E-state index in [0.29, 0.717) is 19.6 Å². The lowest BCUT2D eigenvalue weighted by Gasteiger charge is -2.29. The molecular weight excluding hydrogens is 208 g/mol. The number of ether oxygens (including phenoxy) is 2. The largest absolute Gasteiger partial charge is 0.444 e. The second-order valence-corrected chi connectivity index (χ2v) is 3.35. The maximum absolute atomic E-state index is 11.3. The van der Waals surface area contributed by atoms with Crippen LogP contribution in [0.5, 0.6) is 0 Å². The third kappa shape index (κ3) is 4.02. The van der Waals surface area contributed by atoms with Gasteiger partial charge in [0.1, 0.15) is 12.4 Å². The number of rotatable bonds is 3. The predicted octanol–water partition coefficient (Wildman–Crippen LogP) is 1.45. The molecule has 1 fully saturated rings. The van der Waals surface area contributed by atoms with Crippen LogP contribution in [0.15, 0.2) is 17.6 Å². The average molecular weight is 226 g/mol. The second kappa shape index (κ2) is 7.00. The molecule has 0 bridgehead atoms. The highest BCUT2D eigenvalue weighted by molar-refractivity contribution is 5.91. The van der Waals surface area contributed by atoms with Gasteiger partial charge < -0.3 is 14.4 Å². The Hall–Kier alpha value is -1.36. The molecule has 0 N–H and O–H groups in total. The third-order valence-electron chi connectivity index (χ3n) is 2.24. The first kappa shape index (κ1) is 12.7. The first-order valence-electron chi connectivity index (χ1n) is 5.45. The van der Waals surface area contributed by atoms with Gasteiger partial charge in [-0.1, -0.05) is 19.6 Å². The number of aliphatic imine (C=N–C) groups is 1. The fourth-order valence-corrected chi connectivity index (χ4v) is 1.46. The summed E-state index contributed by atoms with van der Waals surface area (Å²) in [5.74, 6) is 0.761. The van der Waals surface area contributed by atoms with Crippen molar-refractivity contribution < 1.29 is 14.3 Å². The van der Waals surface area contributed by atoms with Gasteiger partial charge in [-0.25, -0.2) is 4.79 Å². The topological polar surface area (TPSA) is 51.1 Å². The summed E-state index contributed by atoms with van der Waals surface area (Å²) in [5, 5.41) is 0. The van der Waals surface area contributed by atoms with E-state index in [1.54, 1.807) is 0 Å². The van der Waals surface area contributed by atoms with Crippen molar-refractivity contribution in [3.63, 3.8) is 0 Å². The molecule has 0 saturated carbocycles. The number of amides is 1. The lowest BCUT2D eigenvalue weighted by Crippen LogP contribution is -2.40. The molecule has 5 heteroatoms. The maximum atomic E-state index is 11.3. The fraction of sp³-hybridized carbons (Fsp3) is 0.636. The second-order valence-electron chi connectivity index (χ2n) is 3.35. The molecule has 90 valence electrons. The Morgan fingerprint density at radius 2 is 2.25 bits per heavy atom. The van der Waals surface area contributed by atoms with Crippen LogP contribution in [0.3, 0.4) is 0 Å². The van der Waals surface area contributed by atoms with Gasteiger partial charge in [0.2, 0.25) is 0 Å². The quantitative estimate of drug-likeness (QED) is 0.415. The number of morpholine rings is 1. The molecular formula is C11H18N2O3. The van der Waals surface area contributed by atoms with Crippen molar-refractivity contribution in [2.75, 3.05) is 32.9 Å². The molecule has 1 aliphatic heterocycles. The highest BCUT2D eigenvalue weighted by Crippen LogP contribution is 2.03. The Bertz CT molecular complexity index is 270. The zero-order chi connectivity index (χ0) is 11.8. The number of carbonyl (C=O) groups is 1. The van der Waals surface area contributed by atoms with Crippen molar-refractivity contribution in [2.45, 2.75) is 13.3 Å². The van der Waals surface area contributed by atoms with E-state index >= 15 is 0 Å². The molecule has 1 heterocycles. The van der Waals surface area contributed by atoms with E-state index in [4.69, 9.17) is 9.47 Å². The van der Waals surface area contributed by atoms with Gasteiger partial charge in [0.15, 0.2) is 0 Å². The minimum Gasteiger partial charge on any atom is -0.444 e. The van der Waals surface area contributed by atoms with Crippen LogP contribution in [0.2, 0.25) is 0 Å². The molecule has 16 heavy (non-hydrogen) atoms. The van der Waals surface area contributed by atoms with Crippen LogP contribution >= 0.6 is 0 Å². The smallest absolute Gasteiger partial charge is 0.435 e. The molecule has 1 aliphatic rings. The summed E-state index contributed by atoms with van der Waals surface area (Å²) in [7, 11) is 0. The zero-order valence-corrected chi connectivity index (χ0v) is 9.65. The number of hydrogen-bond acceptors (Lipinski definition) is 3. The van der Waals surface area contributed by atoms with E-state index in [0.717, 1.165) is 18.9 Å².